The summed E-state index contributed by atoms with van der Waals surface area (Å²) >= 11 is 0. The first-order chi connectivity index (χ1) is 10.2. The highest BCUT2D eigenvalue weighted by molar-refractivity contribution is 5.48. The summed E-state index contributed by atoms with van der Waals surface area (Å²) in [6.07, 6.45) is 0. The van der Waals surface area contributed by atoms with Crippen LogP contribution in [-0.4, -0.2) is 20.3 Å². The molecular weight excluding hydrogens is 271 g/mol. The molecule has 0 amide bonds. The fourth-order valence-electron chi connectivity index (χ4n) is 1.81. The Hall–Kier alpha value is -2.74. The largest absolute Gasteiger partial charge is 0.493 e. The van der Waals surface area contributed by atoms with Crippen LogP contribution in [0.4, 0.5) is 10.1 Å². The van der Waals surface area contributed by atoms with Crippen LogP contribution in [0, 0.1) is 17.1 Å². The van der Waals surface area contributed by atoms with Crippen molar-refractivity contribution in [3.8, 4) is 17.6 Å². The number of nitrogens with one attached hydrogen (secondary N) is 1. The molecule has 0 aliphatic rings. The maximum atomic E-state index is 13.6. The van der Waals surface area contributed by atoms with Crippen LogP contribution in [0.2, 0.25) is 0 Å². The van der Waals surface area contributed by atoms with Gasteiger partial charge in [-0.1, -0.05) is 12.1 Å². The summed E-state index contributed by atoms with van der Waals surface area (Å²) in [5.74, 6) is 0.843. The Labute approximate surface area is 122 Å². The van der Waals surface area contributed by atoms with Gasteiger partial charge in [0.2, 0.25) is 0 Å². The summed E-state index contributed by atoms with van der Waals surface area (Å²) in [6.45, 7) is 0.792. The molecule has 0 aromatic heterocycles. The summed E-state index contributed by atoms with van der Waals surface area (Å²) in [5.41, 5.74) is 0.640. The Morgan fingerprint density at radius 1 is 1.19 bits per heavy atom. The van der Waals surface area contributed by atoms with Crippen LogP contribution in [0.15, 0.2) is 42.5 Å². The number of hydrogen-bond donors (Lipinski definition) is 1. The van der Waals surface area contributed by atoms with Crippen LogP contribution < -0.4 is 14.8 Å². The lowest BCUT2D eigenvalue weighted by atomic mass is 10.2. The molecule has 0 aliphatic carbocycles. The van der Waals surface area contributed by atoms with Crippen molar-refractivity contribution < 1.29 is 13.9 Å². The SMILES string of the molecule is COc1ccccc1OCCNc1ccc(C#N)cc1F. The molecule has 0 spiro atoms. The molecule has 1 N–H and O–H groups in total. The second kappa shape index (κ2) is 7.15. The van der Waals surface area contributed by atoms with Gasteiger partial charge in [-0.3, -0.25) is 0 Å². The molecule has 0 atom stereocenters. The van der Waals surface area contributed by atoms with Crippen molar-refractivity contribution in [2.75, 3.05) is 25.6 Å². The van der Waals surface area contributed by atoms with Crippen molar-refractivity contribution in [1.82, 2.24) is 0 Å². The quantitative estimate of drug-likeness (QED) is 0.829. The van der Waals surface area contributed by atoms with Gasteiger partial charge in [0.05, 0.1) is 24.4 Å². The van der Waals surface area contributed by atoms with E-state index in [2.05, 4.69) is 5.32 Å². The molecule has 4 nitrogen and oxygen atoms in total. The van der Waals surface area contributed by atoms with Gasteiger partial charge in [-0.15, -0.1) is 0 Å². The molecule has 0 unspecified atom stereocenters. The monoisotopic (exact) mass is 286 g/mol. The third kappa shape index (κ3) is 3.86. The smallest absolute Gasteiger partial charge is 0.161 e. The topological polar surface area (TPSA) is 54.3 Å². The number of benzene rings is 2. The van der Waals surface area contributed by atoms with E-state index in [1.54, 1.807) is 19.2 Å². The minimum Gasteiger partial charge on any atom is -0.493 e. The van der Waals surface area contributed by atoms with Crippen molar-refractivity contribution in [3.05, 3.63) is 53.8 Å². The minimum atomic E-state index is -0.452. The van der Waals surface area contributed by atoms with Gasteiger partial charge in [-0.25, -0.2) is 4.39 Å². The van der Waals surface area contributed by atoms with Gasteiger partial charge in [0.25, 0.3) is 0 Å². The summed E-state index contributed by atoms with van der Waals surface area (Å²) in [5, 5.41) is 11.6. The number of nitrogens with zero attached hydrogens (tertiary/aromatic N) is 1. The van der Waals surface area contributed by atoms with Gasteiger partial charge in [0, 0.05) is 6.54 Å². The predicted octanol–water partition coefficient (Wildman–Crippen LogP) is 3.20. The van der Waals surface area contributed by atoms with Crippen LogP contribution in [0.1, 0.15) is 5.56 Å². The fraction of sp³-hybridized carbons (Fsp3) is 0.188. The van der Waals surface area contributed by atoms with Crippen LogP contribution in [0.3, 0.4) is 0 Å². The van der Waals surface area contributed by atoms with E-state index < -0.39 is 5.82 Å². The maximum Gasteiger partial charge on any atom is 0.161 e. The Kier molecular flexibility index (Phi) is 4.99. The molecule has 0 fully saturated rings. The molecule has 0 saturated carbocycles. The molecule has 2 aromatic carbocycles. The van der Waals surface area contributed by atoms with Crippen molar-refractivity contribution in [1.29, 1.82) is 5.26 Å². The zero-order chi connectivity index (χ0) is 15.1. The summed E-state index contributed by atoms with van der Waals surface area (Å²) in [7, 11) is 1.58. The molecule has 5 heteroatoms. The molecule has 0 heterocycles. The minimum absolute atomic E-state index is 0.295. The Morgan fingerprint density at radius 2 is 1.95 bits per heavy atom. The first kappa shape index (κ1) is 14.7. The van der Waals surface area contributed by atoms with Crippen molar-refractivity contribution >= 4 is 5.69 Å². The number of rotatable bonds is 6. The van der Waals surface area contributed by atoms with E-state index in [1.165, 1.54) is 12.1 Å². The number of ether oxygens (including phenoxy) is 2. The third-order valence-electron chi connectivity index (χ3n) is 2.84. The zero-order valence-corrected chi connectivity index (χ0v) is 11.6. The Balaban J connectivity index is 1.86. The standard InChI is InChI=1S/C16H15FN2O2/c1-20-15-4-2-3-5-16(15)21-9-8-19-14-7-6-12(11-18)10-13(14)17/h2-7,10,19H,8-9H2,1H3. The average Bonchev–Trinajstić information content (AvgIpc) is 2.53. The maximum absolute atomic E-state index is 13.6. The van der Waals surface area contributed by atoms with Gasteiger partial charge in [-0.2, -0.15) is 5.26 Å². The highest BCUT2D eigenvalue weighted by Crippen LogP contribution is 2.25. The normalized spacial score (nSPS) is 9.76. The zero-order valence-electron chi connectivity index (χ0n) is 11.6. The van der Waals surface area contributed by atoms with Crippen LogP contribution in [0.5, 0.6) is 11.5 Å². The van der Waals surface area contributed by atoms with Gasteiger partial charge >= 0.3 is 0 Å². The van der Waals surface area contributed by atoms with Crippen LogP contribution >= 0.6 is 0 Å². The average molecular weight is 286 g/mol. The summed E-state index contributed by atoms with van der Waals surface area (Å²) in [6, 6.07) is 13.5. The number of methoxy groups -OCH3 is 1. The summed E-state index contributed by atoms with van der Waals surface area (Å²) < 4.78 is 24.4. The number of anilines is 1. The van der Waals surface area contributed by atoms with Gasteiger partial charge in [-0.05, 0) is 30.3 Å². The second-order valence-electron chi connectivity index (χ2n) is 4.23. The molecule has 2 aromatic rings. The molecular formula is C16H15FN2O2. The van der Waals surface area contributed by atoms with Gasteiger partial charge in [0.15, 0.2) is 11.5 Å². The first-order valence-corrected chi connectivity index (χ1v) is 6.44. The van der Waals surface area contributed by atoms with E-state index in [0.29, 0.717) is 35.9 Å². The van der Waals surface area contributed by atoms with E-state index in [4.69, 9.17) is 14.7 Å². The molecule has 2 rings (SSSR count). The Bertz CT molecular complexity index is 653. The molecule has 0 radical (unpaired) electrons. The molecule has 0 aliphatic heterocycles. The Morgan fingerprint density at radius 3 is 2.62 bits per heavy atom. The van der Waals surface area contributed by atoms with Crippen LogP contribution in [-0.2, 0) is 0 Å². The van der Waals surface area contributed by atoms with Crippen LogP contribution in [0.25, 0.3) is 0 Å². The predicted molar refractivity (Wildman–Crippen MR) is 78.1 cm³/mol. The number of para-hydroxylation sites is 2. The lowest BCUT2D eigenvalue weighted by molar-refractivity contribution is 0.305. The molecule has 21 heavy (non-hydrogen) atoms. The second-order valence-corrected chi connectivity index (χ2v) is 4.23. The number of halogens is 1. The lowest BCUT2D eigenvalue weighted by Gasteiger charge is -2.11. The third-order valence-corrected chi connectivity index (χ3v) is 2.84. The van der Waals surface area contributed by atoms with E-state index in [1.807, 2.05) is 24.3 Å². The number of hydrogen-bond acceptors (Lipinski definition) is 4. The first-order valence-electron chi connectivity index (χ1n) is 6.44. The van der Waals surface area contributed by atoms with E-state index >= 15 is 0 Å². The molecule has 0 bridgehead atoms. The molecule has 108 valence electrons. The fourth-order valence-corrected chi connectivity index (χ4v) is 1.81. The number of nitriles is 1. The van der Waals surface area contributed by atoms with Crippen molar-refractivity contribution in [2.45, 2.75) is 0 Å². The van der Waals surface area contributed by atoms with Crippen molar-refractivity contribution in [3.63, 3.8) is 0 Å². The van der Waals surface area contributed by atoms with E-state index in [9.17, 15) is 4.39 Å². The van der Waals surface area contributed by atoms with Gasteiger partial charge in [0.1, 0.15) is 12.4 Å². The highest BCUT2D eigenvalue weighted by Gasteiger charge is 2.04. The van der Waals surface area contributed by atoms with E-state index in [-0.39, 0.29) is 0 Å². The van der Waals surface area contributed by atoms with Crippen molar-refractivity contribution in [2.24, 2.45) is 0 Å². The lowest BCUT2D eigenvalue weighted by Crippen LogP contribution is -2.12. The van der Waals surface area contributed by atoms with E-state index in [0.717, 1.165) is 0 Å². The molecule has 0 saturated heterocycles. The highest BCUT2D eigenvalue weighted by atomic mass is 19.1. The van der Waals surface area contributed by atoms with Gasteiger partial charge < -0.3 is 14.8 Å². The summed E-state index contributed by atoms with van der Waals surface area (Å²) in [4.78, 5) is 0.